The number of anilines is 1. The second kappa shape index (κ2) is 3.81. The highest BCUT2D eigenvalue weighted by Gasteiger charge is 2.25. The number of amides is 1. The van der Waals surface area contributed by atoms with Crippen LogP contribution in [-0.2, 0) is 4.79 Å². The molecule has 1 saturated heterocycles. The van der Waals surface area contributed by atoms with E-state index in [-0.39, 0.29) is 17.6 Å². The smallest absolute Gasteiger partial charge is 0.220 e. The van der Waals surface area contributed by atoms with Gasteiger partial charge >= 0.3 is 0 Å². The minimum atomic E-state index is -0.458. The third kappa shape index (κ3) is 1.97. The number of carbonyl (C=O) groups excluding carboxylic acids is 1. The van der Waals surface area contributed by atoms with Crippen molar-refractivity contribution in [2.24, 2.45) is 0 Å². The van der Waals surface area contributed by atoms with Crippen LogP contribution in [0.25, 0.3) is 0 Å². The van der Waals surface area contributed by atoms with Gasteiger partial charge in [0.1, 0.15) is 5.82 Å². The van der Waals surface area contributed by atoms with E-state index in [1.807, 2.05) is 0 Å². The summed E-state index contributed by atoms with van der Waals surface area (Å²) in [5, 5.41) is 2.76. The van der Waals surface area contributed by atoms with Gasteiger partial charge < -0.3 is 11.1 Å². The summed E-state index contributed by atoms with van der Waals surface area (Å²) in [6.45, 7) is 0. The van der Waals surface area contributed by atoms with Gasteiger partial charge in [0.05, 0.1) is 11.7 Å². The van der Waals surface area contributed by atoms with Crippen molar-refractivity contribution < 1.29 is 9.18 Å². The molecule has 1 aromatic carbocycles. The summed E-state index contributed by atoms with van der Waals surface area (Å²) in [6.07, 6.45) is 1.14. The summed E-state index contributed by atoms with van der Waals surface area (Å²) < 4.78 is 14.0. The van der Waals surface area contributed by atoms with E-state index in [4.69, 9.17) is 5.73 Å². The fourth-order valence-electron chi connectivity index (χ4n) is 1.74. The Morgan fingerprint density at radius 2 is 2.27 bits per heavy atom. The third-order valence-electron chi connectivity index (χ3n) is 2.50. The number of benzene rings is 1. The molecule has 2 rings (SSSR count). The van der Waals surface area contributed by atoms with Crippen molar-refractivity contribution in [3.8, 4) is 0 Å². The molecule has 0 aromatic heterocycles. The van der Waals surface area contributed by atoms with Crippen LogP contribution in [0.3, 0.4) is 0 Å². The lowest BCUT2D eigenvalue weighted by Gasteiger charge is -2.14. The quantitative estimate of drug-likeness (QED) is 0.770. The Labute approximate surface area is 95.0 Å². The highest BCUT2D eigenvalue weighted by molar-refractivity contribution is 9.10. The molecule has 80 valence electrons. The highest BCUT2D eigenvalue weighted by atomic mass is 79.9. The summed E-state index contributed by atoms with van der Waals surface area (Å²) in [7, 11) is 0. The van der Waals surface area contributed by atoms with Crippen LogP contribution >= 0.6 is 15.9 Å². The predicted molar refractivity (Wildman–Crippen MR) is 58.6 cm³/mol. The number of nitrogens with two attached hydrogens (primary N) is 1. The summed E-state index contributed by atoms with van der Waals surface area (Å²) >= 11 is 3.20. The van der Waals surface area contributed by atoms with Gasteiger partial charge in [-0.15, -0.1) is 0 Å². The molecule has 1 heterocycles. The lowest BCUT2D eigenvalue weighted by molar-refractivity contribution is -0.119. The monoisotopic (exact) mass is 272 g/mol. The molecule has 1 amide bonds. The van der Waals surface area contributed by atoms with E-state index in [1.54, 1.807) is 6.07 Å². The van der Waals surface area contributed by atoms with Crippen molar-refractivity contribution in [3.05, 3.63) is 28.0 Å². The minimum absolute atomic E-state index is 0.0141. The lowest BCUT2D eigenvalue weighted by atomic mass is 10.0. The van der Waals surface area contributed by atoms with Crippen LogP contribution in [0.15, 0.2) is 16.6 Å². The molecule has 1 aromatic rings. The zero-order chi connectivity index (χ0) is 11.0. The van der Waals surface area contributed by atoms with Gasteiger partial charge in [0, 0.05) is 16.5 Å². The van der Waals surface area contributed by atoms with Crippen molar-refractivity contribution in [2.75, 3.05) is 5.73 Å². The van der Waals surface area contributed by atoms with Gasteiger partial charge in [0.25, 0.3) is 0 Å². The van der Waals surface area contributed by atoms with E-state index in [0.717, 1.165) is 0 Å². The van der Waals surface area contributed by atoms with Crippen LogP contribution in [0.5, 0.6) is 0 Å². The molecule has 1 atom stereocenters. The maximum Gasteiger partial charge on any atom is 0.220 e. The molecule has 3 nitrogen and oxygen atoms in total. The van der Waals surface area contributed by atoms with Crippen LogP contribution in [0.4, 0.5) is 10.1 Å². The first-order valence-electron chi connectivity index (χ1n) is 4.61. The Balaban J connectivity index is 2.39. The van der Waals surface area contributed by atoms with Crippen molar-refractivity contribution >= 4 is 27.5 Å². The number of halogens is 2. The lowest BCUT2D eigenvalue weighted by Crippen LogP contribution is -2.19. The van der Waals surface area contributed by atoms with E-state index in [9.17, 15) is 9.18 Å². The SMILES string of the molecule is Nc1c(F)cc(Br)cc1[C@H]1CCC(=O)N1. The maximum atomic E-state index is 13.3. The molecule has 15 heavy (non-hydrogen) atoms. The summed E-state index contributed by atoms with van der Waals surface area (Å²) in [6, 6.07) is 2.90. The zero-order valence-electron chi connectivity index (χ0n) is 7.89. The largest absolute Gasteiger partial charge is 0.396 e. The van der Waals surface area contributed by atoms with Crippen LogP contribution in [0.1, 0.15) is 24.4 Å². The number of carbonyl (C=O) groups is 1. The first-order chi connectivity index (χ1) is 7.08. The summed E-state index contributed by atoms with van der Waals surface area (Å²) in [5.74, 6) is -0.472. The summed E-state index contributed by atoms with van der Waals surface area (Å²) in [4.78, 5) is 11.1. The first kappa shape index (κ1) is 10.4. The van der Waals surface area contributed by atoms with Gasteiger partial charge in [0.15, 0.2) is 0 Å². The van der Waals surface area contributed by atoms with Gasteiger partial charge in [-0.05, 0) is 18.6 Å². The fourth-order valence-corrected chi connectivity index (χ4v) is 2.19. The van der Waals surface area contributed by atoms with E-state index < -0.39 is 5.82 Å². The average molecular weight is 273 g/mol. The topological polar surface area (TPSA) is 55.1 Å². The van der Waals surface area contributed by atoms with Crippen molar-refractivity contribution in [2.45, 2.75) is 18.9 Å². The molecule has 1 aliphatic heterocycles. The fraction of sp³-hybridized carbons (Fsp3) is 0.300. The minimum Gasteiger partial charge on any atom is -0.396 e. The molecule has 1 aliphatic rings. The average Bonchev–Trinajstić information content (AvgIpc) is 2.58. The van der Waals surface area contributed by atoms with Gasteiger partial charge in [0.2, 0.25) is 5.91 Å². The molecular formula is C10H10BrFN2O. The molecule has 0 spiro atoms. The molecule has 0 bridgehead atoms. The predicted octanol–water partition coefficient (Wildman–Crippen LogP) is 2.12. The Bertz CT molecular complexity index is 422. The van der Waals surface area contributed by atoms with Gasteiger partial charge in [-0.25, -0.2) is 4.39 Å². The van der Waals surface area contributed by atoms with Crippen LogP contribution < -0.4 is 11.1 Å². The molecule has 1 fully saturated rings. The van der Waals surface area contributed by atoms with Crippen molar-refractivity contribution in [1.82, 2.24) is 5.32 Å². The molecule has 0 aliphatic carbocycles. The van der Waals surface area contributed by atoms with Crippen molar-refractivity contribution in [3.63, 3.8) is 0 Å². The molecule has 0 radical (unpaired) electrons. The normalized spacial score (nSPS) is 20.4. The van der Waals surface area contributed by atoms with Crippen LogP contribution in [-0.4, -0.2) is 5.91 Å². The Kier molecular flexibility index (Phi) is 2.65. The second-order valence-electron chi connectivity index (χ2n) is 3.55. The van der Waals surface area contributed by atoms with Gasteiger partial charge in [-0.2, -0.15) is 0 Å². The number of nitrogens with one attached hydrogen (secondary N) is 1. The molecule has 0 unspecified atom stereocenters. The van der Waals surface area contributed by atoms with E-state index in [0.29, 0.717) is 22.9 Å². The van der Waals surface area contributed by atoms with Crippen molar-refractivity contribution in [1.29, 1.82) is 0 Å². The molecule has 3 N–H and O–H groups in total. The standard InChI is InChI=1S/C10H10BrFN2O/c11-5-3-6(10(13)7(12)4-5)8-1-2-9(15)14-8/h3-4,8H,1-2,13H2,(H,14,15)/t8-/m1/s1. The first-order valence-corrected chi connectivity index (χ1v) is 5.41. The Morgan fingerprint density at radius 1 is 1.53 bits per heavy atom. The zero-order valence-corrected chi connectivity index (χ0v) is 9.47. The van der Waals surface area contributed by atoms with Crippen LogP contribution in [0, 0.1) is 5.82 Å². The Hall–Kier alpha value is -1.10. The molecule has 0 saturated carbocycles. The van der Waals surface area contributed by atoms with E-state index in [1.165, 1.54) is 6.07 Å². The number of nitrogen functional groups attached to an aromatic ring is 1. The third-order valence-corrected chi connectivity index (χ3v) is 2.95. The van der Waals surface area contributed by atoms with Gasteiger partial charge in [-0.3, -0.25) is 4.79 Å². The molecular weight excluding hydrogens is 263 g/mol. The maximum absolute atomic E-state index is 13.3. The molecule has 5 heteroatoms. The van der Waals surface area contributed by atoms with Crippen LogP contribution in [0.2, 0.25) is 0 Å². The number of hydrogen-bond donors (Lipinski definition) is 2. The number of rotatable bonds is 1. The van der Waals surface area contributed by atoms with Gasteiger partial charge in [-0.1, -0.05) is 15.9 Å². The summed E-state index contributed by atoms with van der Waals surface area (Å²) in [5.41, 5.74) is 6.39. The van der Waals surface area contributed by atoms with E-state index >= 15 is 0 Å². The van der Waals surface area contributed by atoms with E-state index in [2.05, 4.69) is 21.2 Å². The number of hydrogen-bond acceptors (Lipinski definition) is 2. The Morgan fingerprint density at radius 3 is 2.87 bits per heavy atom. The second-order valence-corrected chi connectivity index (χ2v) is 4.46. The highest BCUT2D eigenvalue weighted by Crippen LogP contribution is 2.32.